The second-order valence-electron chi connectivity index (χ2n) is 7.34. The Hall–Kier alpha value is -0.120. The molecule has 0 aromatic heterocycles. The summed E-state index contributed by atoms with van der Waals surface area (Å²) < 4.78 is 0. The van der Waals surface area contributed by atoms with Crippen LogP contribution in [0.4, 0.5) is 0 Å². The summed E-state index contributed by atoms with van der Waals surface area (Å²) in [5.74, 6) is 0.975. The Morgan fingerprint density at radius 2 is 1.80 bits per heavy atom. The van der Waals surface area contributed by atoms with Gasteiger partial charge in [0.2, 0.25) is 0 Å². The van der Waals surface area contributed by atoms with Crippen LogP contribution in [0.25, 0.3) is 0 Å². The van der Waals surface area contributed by atoms with Crippen molar-refractivity contribution < 1.29 is 0 Å². The first-order chi connectivity index (χ1) is 9.83. The highest BCUT2D eigenvalue weighted by molar-refractivity contribution is 4.89. The maximum absolute atomic E-state index is 3.71. The standard InChI is InChI=1S/C17H33N3/c1-15-13-20-10-5-4-8-17(20)14-19(15)11-9-18-12-16-6-2-3-7-16/h15-18H,2-14H2,1H3. The van der Waals surface area contributed by atoms with E-state index in [1.54, 1.807) is 0 Å². The molecule has 3 rings (SSSR count). The minimum Gasteiger partial charge on any atom is -0.315 e. The number of fused-ring (bicyclic) bond motifs is 1. The second-order valence-corrected chi connectivity index (χ2v) is 7.34. The van der Waals surface area contributed by atoms with Gasteiger partial charge < -0.3 is 5.32 Å². The number of hydrogen-bond donors (Lipinski definition) is 1. The Morgan fingerprint density at radius 3 is 2.65 bits per heavy atom. The molecule has 3 aliphatic rings. The molecule has 0 amide bonds. The molecule has 0 radical (unpaired) electrons. The lowest BCUT2D eigenvalue weighted by molar-refractivity contribution is 0.0160. The molecule has 20 heavy (non-hydrogen) atoms. The number of rotatable bonds is 5. The molecule has 1 N–H and O–H groups in total. The van der Waals surface area contributed by atoms with E-state index >= 15 is 0 Å². The Labute approximate surface area is 125 Å². The number of piperazine rings is 1. The SMILES string of the molecule is CC1CN2CCCCC2CN1CCNCC1CCCC1. The number of nitrogens with one attached hydrogen (secondary N) is 1. The highest BCUT2D eigenvalue weighted by Crippen LogP contribution is 2.24. The average molecular weight is 279 g/mol. The molecular formula is C17H33N3. The maximum atomic E-state index is 3.71. The molecule has 2 saturated heterocycles. The molecule has 3 fully saturated rings. The van der Waals surface area contributed by atoms with Crippen molar-refractivity contribution >= 4 is 0 Å². The molecule has 0 bridgehead atoms. The van der Waals surface area contributed by atoms with Crippen LogP contribution in [0.5, 0.6) is 0 Å². The fourth-order valence-electron chi connectivity index (χ4n) is 4.47. The first-order valence-electron chi connectivity index (χ1n) is 9.02. The summed E-state index contributed by atoms with van der Waals surface area (Å²) in [6.45, 7) is 10.1. The lowest BCUT2D eigenvalue weighted by atomic mass is 9.97. The van der Waals surface area contributed by atoms with Crippen molar-refractivity contribution in [3.8, 4) is 0 Å². The molecule has 1 saturated carbocycles. The number of piperidine rings is 1. The third-order valence-corrected chi connectivity index (χ3v) is 5.80. The van der Waals surface area contributed by atoms with Gasteiger partial charge in [-0.15, -0.1) is 0 Å². The fourth-order valence-corrected chi connectivity index (χ4v) is 4.47. The van der Waals surface area contributed by atoms with Gasteiger partial charge in [-0.05, 0) is 51.6 Å². The lowest BCUT2D eigenvalue weighted by Gasteiger charge is -2.47. The van der Waals surface area contributed by atoms with E-state index in [4.69, 9.17) is 0 Å². The van der Waals surface area contributed by atoms with Crippen molar-refractivity contribution in [3.05, 3.63) is 0 Å². The van der Waals surface area contributed by atoms with E-state index in [-0.39, 0.29) is 0 Å². The van der Waals surface area contributed by atoms with Crippen LogP contribution in [-0.2, 0) is 0 Å². The Morgan fingerprint density at radius 1 is 1.00 bits per heavy atom. The van der Waals surface area contributed by atoms with E-state index in [1.165, 1.54) is 84.2 Å². The first kappa shape index (κ1) is 14.8. The lowest BCUT2D eigenvalue weighted by Crippen LogP contribution is -2.59. The zero-order valence-corrected chi connectivity index (χ0v) is 13.3. The third kappa shape index (κ3) is 3.75. The minimum absolute atomic E-state index is 0.748. The van der Waals surface area contributed by atoms with Crippen molar-refractivity contribution in [2.75, 3.05) is 39.3 Å². The average Bonchev–Trinajstić information content (AvgIpc) is 2.97. The monoisotopic (exact) mass is 279 g/mol. The maximum Gasteiger partial charge on any atom is 0.0223 e. The molecule has 1 aliphatic carbocycles. The summed E-state index contributed by atoms with van der Waals surface area (Å²) >= 11 is 0. The number of nitrogens with zero attached hydrogens (tertiary/aromatic N) is 2. The van der Waals surface area contributed by atoms with Crippen LogP contribution in [0.15, 0.2) is 0 Å². The predicted octanol–water partition coefficient (Wildman–Crippen LogP) is 2.32. The van der Waals surface area contributed by atoms with Gasteiger partial charge in [0.05, 0.1) is 0 Å². The van der Waals surface area contributed by atoms with Crippen LogP contribution in [0.1, 0.15) is 51.9 Å². The summed E-state index contributed by atoms with van der Waals surface area (Å²) in [5, 5.41) is 3.71. The topological polar surface area (TPSA) is 18.5 Å². The van der Waals surface area contributed by atoms with Gasteiger partial charge in [0, 0.05) is 38.3 Å². The quantitative estimate of drug-likeness (QED) is 0.779. The Bertz CT molecular complexity index is 288. The Kier molecular flexibility index (Phi) is 5.36. The zero-order chi connectivity index (χ0) is 13.8. The van der Waals surface area contributed by atoms with E-state index in [9.17, 15) is 0 Å². The van der Waals surface area contributed by atoms with Crippen molar-refractivity contribution in [1.82, 2.24) is 15.1 Å². The second kappa shape index (κ2) is 7.24. The fraction of sp³-hybridized carbons (Fsp3) is 1.00. The summed E-state index contributed by atoms with van der Waals surface area (Å²) in [6, 6.07) is 1.60. The van der Waals surface area contributed by atoms with Gasteiger partial charge in [0.15, 0.2) is 0 Å². The van der Waals surface area contributed by atoms with Crippen LogP contribution in [0.3, 0.4) is 0 Å². The smallest absolute Gasteiger partial charge is 0.0223 e. The summed E-state index contributed by atoms with van der Waals surface area (Å²) in [5.41, 5.74) is 0. The van der Waals surface area contributed by atoms with E-state index in [0.717, 1.165) is 18.0 Å². The molecule has 0 spiro atoms. The molecule has 2 heterocycles. The van der Waals surface area contributed by atoms with Crippen LogP contribution in [0, 0.1) is 5.92 Å². The molecular weight excluding hydrogens is 246 g/mol. The summed E-state index contributed by atoms with van der Waals surface area (Å²) in [4.78, 5) is 5.48. The van der Waals surface area contributed by atoms with Gasteiger partial charge in [-0.2, -0.15) is 0 Å². The van der Waals surface area contributed by atoms with Crippen molar-refractivity contribution in [2.45, 2.75) is 64.0 Å². The van der Waals surface area contributed by atoms with Gasteiger partial charge >= 0.3 is 0 Å². The predicted molar refractivity (Wildman–Crippen MR) is 85.1 cm³/mol. The zero-order valence-electron chi connectivity index (χ0n) is 13.3. The van der Waals surface area contributed by atoms with Crippen LogP contribution in [0.2, 0.25) is 0 Å². The molecule has 0 aromatic carbocycles. The first-order valence-corrected chi connectivity index (χ1v) is 9.02. The Balaban J connectivity index is 1.36. The molecule has 116 valence electrons. The van der Waals surface area contributed by atoms with Gasteiger partial charge in [0.25, 0.3) is 0 Å². The summed E-state index contributed by atoms with van der Waals surface area (Å²) in [6.07, 6.45) is 10.2. The summed E-state index contributed by atoms with van der Waals surface area (Å²) in [7, 11) is 0. The number of hydrogen-bond acceptors (Lipinski definition) is 3. The van der Waals surface area contributed by atoms with Gasteiger partial charge in [0.1, 0.15) is 0 Å². The van der Waals surface area contributed by atoms with Gasteiger partial charge in [-0.3, -0.25) is 9.80 Å². The molecule has 3 nitrogen and oxygen atoms in total. The van der Waals surface area contributed by atoms with Gasteiger partial charge in [-0.25, -0.2) is 0 Å². The van der Waals surface area contributed by atoms with Crippen molar-refractivity contribution in [3.63, 3.8) is 0 Å². The largest absolute Gasteiger partial charge is 0.315 e. The van der Waals surface area contributed by atoms with Crippen molar-refractivity contribution in [2.24, 2.45) is 5.92 Å². The molecule has 3 heteroatoms. The van der Waals surface area contributed by atoms with E-state index in [1.807, 2.05) is 0 Å². The molecule has 2 atom stereocenters. The highest BCUT2D eigenvalue weighted by atomic mass is 15.3. The van der Waals surface area contributed by atoms with Gasteiger partial charge in [-0.1, -0.05) is 19.3 Å². The normalized spacial score (nSPS) is 33.5. The van der Waals surface area contributed by atoms with Crippen molar-refractivity contribution in [1.29, 1.82) is 0 Å². The van der Waals surface area contributed by atoms with E-state index in [2.05, 4.69) is 22.0 Å². The molecule has 2 unspecified atom stereocenters. The minimum atomic E-state index is 0.748. The highest BCUT2D eigenvalue weighted by Gasteiger charge is 2.32. The van der Waals surface area contributed by atoms with E-state index in [0.29, 0.717) is 0 Å². The third-order valence-electron chi connectivity index (χ3n) is 5.80. The van der Waals surface area contributed by atoms with Crippen LogP contribution in [-0.4, -0.2) is 61.2 Å². The van der Waals surface area contributed by atoms with E-state index < -0.39 is 0 Å². The molecule has 2 aliphatic heterocycles. The van der Waals surface area contributed by atoms with Crippen LogP contribution >= 0.6 is 0 Å². The molecule has 0 aromatic rings. The van der Waals surface area contributed by atoms with Crippen LogP contribution < -0.4 is 5.32 Å².